The van der Waals surface area contributed by atoms with Crippen LogP contribution in [0.3, 0.4) is 0 Å². The van der Waals surface area contributed by atoms with Crippen LogP contribution < -0.4 is 5.32 Å². The Morgan fingerprint density at radius 3 is 2.62 bits per heavy atom. The van der Waals surface area contributed by atoms with Crippen LogP contribution in [-0.2, 0) is 0 Å². The molecule has 0 bridgehead atoms. The lowest BCUT2D eigenvalue weighted by Gasteiger charge is -2.19. The minimum absolute atomic E-state index is 0.0865. The fraction of sp³-hybridized carbons (Fsp3) is 0.125. The maximum atomic E-state index is 6.26. The van der Waals surface area contributed by atoms with Crippen molar-refractivity contribution in [1.29, 1.82) is 0 Å². The topological polar surface area (TPSA) is 42.7 Å². The summed E-state index contributed by atoms with van der Waals surface area (Å²) in [4.78, 5) is 3.99. The normalized spacial score (nSPS) is 12.1. The highest BCUT2D eigenvalue weighted by molar-refractivity contribution is 6.31. The molecule has 2 aromatic carbocycles. The van der Waals surface area contributed by atoms with Crippen molar-refractivity contribution in [2.24, 2.45) is 0 Å². The lowest BCUT2D eigenvalue weighted by Crippen LogP contribution is -2.10. The molecule has 0 saturated carbocycles. The minimum Gasteiger partial charge on any atom is -0.377 e. The van der Waals surface area contributed by atoms with Gasteiger partial charge >= 0.3 is 0 Å². The van der Waals surface area contributed by atoms with E-state index in [1.807, 2.05) is 48.5 Å². The number of rotatable bonds is 4. The van der Waals surface area contributed by atoms with Gasteiger partial charge in [-0.2, -0.15) is 5.10 Å². The van der Waals surface area contributed by atoms with Crippen LogP contribution in [0.15, 0.2) is 61.2 Å². The number of hydrogen-bond acceptors (Lipinski definition) is 3. The zero-order valence-electron chi connectivity index (χ0n) is 11.6. The summed E-state index contributed by atoms with van der Waals surface area (Å²) in [7, 11) is 0. The quantitative estimate of drug-likeness (QED) is 0.789. The molecule has 1 heterocycles. The monoisotopic (exact) mass is 298 g/mol. The van der Waals surface area contributed by atoms with Crippen LogP contribution >= 0.6 is 11.6 Å². The molecule has 4 nitrogen and oxygen atoms in total. The van der Waals surface area contributed by atoms with Crippen LogP contribution in [-0.4, -0.2) is 14.8 Å². The summed E-state index contributed by atoms with van der Waals surface area (Å²) in [5.41, 5.74) is 3.00. The van der Waals surface area contributed by atoms with Crippen LogP contribution in [0.5, 0.6) is 0 Å². The first kappa shape index (κ1) is 13.6. The van der Waals surface area contributed by atoms with Crippen LogP contribution in [0.1, 0.15) is 18.5 Å². The number of halogens is 1. The van der Waals surface area contributed by atoms with E-state index >= 15 is 0 Å². The Morgan fingerprint density at radius 2 is 1.86 bits per heavy atom. The molecule has 1 N–H and O–H groups in total. The molecule has 0 aliphatic rings. The fourth-order valence-electron chi connectivity index (χ4n) is 2.27. The second-order valence-electron chi connectivity index (χ2n) is 4.74. The molecule has 0 fully saturated rings. The van der Waals surface area contributed by atoms with Crippen LogP contribution in [0.25, 0.3) is 5.69 Å². The van der Waals surface area contributed by atoms with Crippen LogP contribution in [0.4, 0.5) is 5.69 Å². The summed E-state index contributed by atoms with van der Waals surface area (Å²) < 4.78 is 1.74. The molecule has 3 aromatic rings. The first-order valence-electron chi connectivity index (χ1n) is 6.70. The molecule has 0 spiro atoms. The molecule has 1 atom stereocenters. The Morgan fingerprint density at radius 1 is 1.10 bits per heavy atom. The Kier molecular flexibility index (Phi) is 3.88. The van der Waals surface area contributed by atoms with E-state index in [2.05, 4.69) is 22.3 Å². The summed E-state index contributed by atoms with van der Waals surface area (Å²) in [6, 6.07) is 15.9. The summed E-state index contributed by atoms with van der Waals surface area (Å²) in [6.45, 7) is 2.08. The van der Waals surface area contributed by atoms with E-state index in [1.165, 1.54) is 6.33 Å². The fourth-order valence-corrected chi connectivity index (χ4v) is 2.56. The number of nitrogens with zero attached hydrogens (tertiary/aromatic N) is 3. The number of benzene rings is 2. The molecule has 21 heavy (non-hydrogen) atoms. The largest absolute Gasteiger partial charge is 0.377 e. The van der Waals surface area contributed by atoms with Gasteiger partial charge in [0.15, 0.2) is 0 Å². The molecule has 3 rings (SSSR count). The third-order valence-corrected chi connectivity index (χ3v) is 3.66. The molecule has 1 unspecified atom stereocenters. The van der Waals surface area contributed by atoms with E-state index in [-0.39, 0.29) is 6.04 Å². The smallest absolute Gasteiger partial charge is 0.138 e. The predicted molar refractivity (Wildman–Crippen MR) is 84.8 cm³/mol. The van der Waals surface area contributed by atoms with Gasteiger partial charge in [0.25, 0.3) is 0 Å². The van der Waals surface area contributed by atoms with Crippen molar-refractivity contribution in [2.75, 3.05) is 5.32 Å². The highest BCUT2D eigenvalue weighted by Crippen LogP contribution is 2.28. The lowest BCUT2D eigenvalue weighted by atomic mass is 10.1. The second-order valence-corrected chi connectivity index (χ2v) is 5.15. The molecule has 5 heteroatoms. The molecule has 0 aliphatic heterocycles. The van der Waals surface area contributed by atoms with Gasteiger partial charge in [0.2, 0.25) is 0 Å². The number of para-hydroxylation sites is 2. The Hall–Kier alpha value is -2.33. The van der Waals surface area contributed by atoms with E-state index in [9.17, 15) is 0 Å². The first-order valence-corrected chi connectivity index (χ1v) is 7.08. The molecular formula is C16H15ClN4. The van der Waals surface area contributed by atoms with Gasteiger partial charge in [-0.05, 0) is 30.7 Å². The van der Waals surface area contributed by atoms with Gasteiger partial charge in [-0.15, -0.1) is 0 Å². The van der Waals surface area contributed by atoms with Gasteiger partial charge in [-0.3, -0.25) is 0 Å². The maximum Gasteiger partial charge on any atom is 0.138 e. The zero-order chi connectivity index (χ0) is 14.7. The molecule has 0 radical (unpaired) electrons. The van der Waals surface area contributed by atoms with Gasteiger partial charge in [-0.1, -0.05) is 41.9 Å². The first-order chi connectivity index (χ1) is 10.3. The Balaban J connectivity index is 1.91. The van der Waals surface area contributed by atoms with Crippen molar-refractivity contribution in [3.63, 3.8) is 0 Å². The Labute approximate surface area is 128 Å². The minimum atomic E-state index is 0.0865. The van der Waals surface area contributed by atoms with Gasteiger partial charge in [0, 0.05) is 5.02 Å². The molecule has 0 saturated heterocycles. The van der Waals surface area contributed by atoms with E-state index in [1.54, 1.807) is 11.0 Å². The van der Waals surface area contributed by atoms with Crippen molar-refractivity contribution in [2.45, 2.75) is 13.0 Å². The Bertz CT molecular complexity index is 725. The number of hydrogen-bond donors (Lipinski definition) is 1. The average Bonchev–Trinajstić information content (AvgIpc) is 3.02. The second kappa shape index (κ2) is 5.97. The maximum absolute atomic E-state index is 6.26. The summed E-state index contributed by atoms with van der Waals surface area (Å²) in [5, 5.41) is 8.43. The SMILES string of the molecule is CC(Nc1ccccc1-n1cncn1)c1ccccc1Cl. The van der Waals surface area contributed by atoms with Crippen LogP contribution in [0, 0.1) is 0 Å². The number of anilines is 1. The summed E-state index contributed by atoms with van der Waals surface area (Å²) in [5.74, 6) is 0. The summed E-state index contributed by atoms with van der Waals surface area (Å²) >= 11 is 6.26. The lowest BCUT2D eigenvalue weighted by molar-refractivity contribution is 0.852. The number of nitrogens with one attached hydrogen (secondary N) is 1. The third-order valence-electron chi connectivity index (χ3n) is 3.31. The van der Waals surface area contributed by atoms with Gasteiger partial charge < -0.3 is 5.32 Å². The van der Waals surface area contributed by atoms with Crippen molar-refractivity contribution in [3.05, 3.63) is 71.8 Å². The van der Waals surface area contributed by atoms with E-state index in [0.717, 1.165) is 22.0 Å². The molecule has 1 aromatic heterocycles. The van der Waals surface area contributed by atoms with Crippen LogP contribution in [0.2, 0.25) is 5.02 Å². The third kappa shape index (κ3) is 2.90. The highest BCUT2D eigenvalue weighted by atomic mass is 35.5. The van der Waals surface area contributed by atoms with Crippen molar-refractivity contribution < 1.29 is 0 Å². The highest BCUT2D eigenvalue weighted by Gasteiger charge is 2.11. The van der Waals surface area contributed by atoms with E-state index in [4.69, 9.17) is 11.6 Å². The summed E-state index contributed by atoms with van der Waals surface area (Å²) in [6.07, 6.45) is 3.20. The van der Waals surface area contributed by atoms with Gasteiger partial charge in [0.1, 0.15) is 12.7 Å². The average molecular weight is 299 g/mol. The van der Waals surface area contributed by atoms with Crippen molar-refractivity contribution in [3.8, 4) is 5.69 Å². The molecular weight excluding hydrogens is 284 g/mol. The molecule has 0 aliphatic carbocycles. The van der Waals surface area contributed by atoms with Crippen molar-refractivity contribution >= 4 is 17.3 Å². The zero-order valence-corrected chi connectivity index (χ0v) is 12.3. The molecule has 106 valence electrons. The van der Waals surface area contributed by atoms with E-state index in [0.29, 0.717) is 0 Å². The van der Waals surface area contributed by atoms with Gasteiger partial charge in [0.05, 0.1) is 17.4 Å². The number of aromatic nitrogens is 3. The standard InChI is InChI=1S/C16H15ClN4/c1-12(13-6-2-3-7-14(13)17)20-15-8-4-5-9-16(15)21-11-18-10-19-21/h2-12,20H,1H3. The van der Waals surface area contributed by atoms with Gasteiger partial charge in [-0.25, -0.2) is 9.67 Å². The molecule has 0 amide bonds. The van der Waals surface area contributed by atoms with Crippen molar-refractivity contribution in [1.82, 2.24) is 14.8 Å². The van der Waals surface area contributed by atoms with E-state index < -0.39 is 0 Å². The predicted octanol–water partition coefficient (Wildman–Crippen LogP) is 4.09.